The lowest BCUT2D eigenvalue weighted by molar-refractivity contribution is -0.176. The van der Waals surface area contributed by atoms with Crippen LogP contribution in [-0.4, -0.2) is 37.4 Å². The van der Waals surface area contributed by atoms with Crippen molar-refractivity contribution in [2.45, 2.75) is 38.7 Å². The molecule has 0 aliphatic heterocycles. The molecule has 3 rings (SSSR count). The van der Waals surface area contributed by atoms with E-state index in [1.165, 1.54) is 25.0 Å². The van der Waals surface area contributed by atoms with Crippen molar-refractivity contribution in [1.29, 1.82) is 0 Å². The van der Waals surface area contributed by atoms with Crippen molar-refractivity contribution < 1.29 is 22.7 Å². The summed E-state index contributed by atoms with van der Waals surface area (Å²) >= 11 is 0. The normalized spacial score (nSPS) is 11.8. The summed E-state index contributed by atoms with van der Waals surface area (Å²) in [6.45, 7) is -0.790. The Hall–Kier alpha value is -3.41. The van der Waals surface area contributed by atoms with Crippen LogP contribution in [0.5, 0.6) is 0 Å². The monoisotopic (exact) mass is 467 g/mol. The van der Waals surface area contributed by atoms with Crippen LogP contribution in [-0.2, 0) is 43.3 Å². The largest absolute Gasteiger partial charge is 0.411 e. The summed E-state index contributed by atoms with van der Waals surface area (Å²) in [6, 6.07) is 6.72. The maximum atomic E-state index is 12.4. The van der Waals surface area contributed by atoms with Crippen LogP contribution in [0.2, 0.25) is 0 Å². The summed E-state index contributed by atoms with van der Waals surface area (Å²) in [5.41, 5.74) is 1.10. The number of aromatic nitrogens is 4. The first-order valence-corrected chi connectivity index (χ1v) is 10.2. The topological polar surface area (TPSA) is 100 Å². The smallest absolute Gasteiger partial charge is 0.367 e. The summed E-state index contributed by atoms with van der Waals surface area (Å²) in [5, 5.41) is 2.78. The summed E-state index contributed by atoms with van der Waals surface area (Å²) in [6.07, 6.45) is -2.21. The Kier molecular flexibility index (Phi) is 7.36. The number of aryl methyl sites for hydroxylation is 2. The molecule has 1 aromatic carbocycles. The van der Waals surface area contributed by atoms with Crippen molar-refractivity contribution in [2.24, 2.45) is 14.1 Å². The van der Waals surface area contributed by atoms with Gasteiger partial charge in [0.15, 0.2) is 11.2 Å². The fraction of sp³-hybridized carbons (Fsp3) is 0.429. The number of halogens is 3. The molecule has 0 atom stereocenters. The van der Waals surface area contributed by atoms with Crippen molar-refractivity contribution in [3.05, 3.63) is 62.6 Å². The van der Waals surface area contributed by atoms with Gasteiger partial charge in [-0.2, -0.15) is 13.2 Å². The van der Waals surface area contributed by atoms with E-state index >= 15 is 0 Å². The van der Waals surface area contributed by atoms with Gasteiger partial charge in [0, 0.05) is 33.6 Å². The first-order chi connectivity index (χ1) is 15.6. The lowest BCUT2D eigenvalue weighted by Gasteiger charge is -2.09. The van der Waals surface area contributed by atoms with Crippen molar-refractivity contribution in [2.75, 3.05) is 6.61 Å². The van der Waals surface area contributed by atoms with Crippen molar-refractivity contribution in [1.82, 2.24) is 24.0 Å². The molecule has 12 heteroatoms. The third-order valence-corrected chi connectivity index (χ3v) is 5.07. The summed E-state index contributed by atoms with van der Waals surface area (Å²) in [4.78, 5) is 40.7. The molecule has 2 heterocycles. The molecule has 1 N–H and O–H groups in total. The van der Waals surface area contributed by atoms with Crippen LogP contribution in [0.15, 0.2) is 40.2 Å². The van der Waals surface area contributed by atoms with Crippen LogP contribution in [0, 0.1) is 0 Å². The van der Waals surface area contributed by atoms with Crippen LogP contribution in [0.25, 0.3) is 11.2 Å². The standard InChI is InChI=1S/C21H24F3N5O4/c1-27-18-17(19(31)28(2)20(27)32)29(13-26-18)9-3-4-16(30)25-10-14-5-7-15(8-6-14)11-33-12-21(22,23)24/h5-8,13H,3-4,9-12H2,1-2H3,(H,25,30). The summed E-state index contributed by atoms with van der Waals surface area (Å²) in [7, 11) is 2.94. The van der Waals surface area contributed by atoms with Crippen LogP contribution in [0.1, 0.15) is 24.0 Å². The van der Waals surface area contributed by atoms with Crippen LogP contribution in [0.3, 0.4) is 0 Å². The second-order valence-corrected chi connectivity index (χ2v) is 7.62. The summed E-state index contributed by atoms with van der Waals surface area (Å²) < 4.78 is 44.9. The van der Waals surface area contributed by atoms with Crippen LogP contribution < -0.4 is 16.6 Å². The number of hydrogen-bond donors (Lipinski definition) is 1. The van der Waals surface area contributed by atoms with Gasteiger partial charge in [-0.3, -0.25) is 18.7 Å². The molecular weight excluding hydrogens is 443 g/mol. The SMILES string of the molecule is Cn1c(=O)c2c(ncn2CCCC(=O)NCc2ccc(COCC(F)(F)F)cc2)n(C)c1=O. The van der Waals surface area contributed by atoms with E-state index in [0.29, 0.717) is 29.7 Å². The Balaban J connectivity index is 1.47. The van der Waals surface area contributed by atoms with Crippen molar-refractivity contribution in [3.8, 4) is 0 Å². The van der Waals surface area contributed by atoms with E-state index in [9.17, 15) is 27.6 Å². The fourth-order valence-corrected chi connectivity index (χ4v) is 3.30. The number of nitrogens with one attached hydrogen (secondary N) is 1. The van der Waals surface area contributed by atoms with Gasteiger partial charge in [-0.15, -0.1) is 0 Å². The summed E-state index contributed by atoms with van der Waals surface area (Å²) in [5.74, 6) is -0.183. The molecule has 0 saturated heterocycles. The van der Waals surface area contributed by atoms with Crippen molar-refractivity contribution in [3.63, 3.8) is 0 Å². The maximum Gasteiger partial charge on any atom is 0.411 e. The first-order valence-electron chi connectivity index (χ1n) is 10.2. The van der Waals surface area contributed by atoms with Crippen LogP contribution in [0.4, 0.5) is 13.2 Å². The highest BCUT2D eigenvalue weighted by molar-refractivity contribution is 5.75. The molecule has 0 saturated carbocycles. The Morgan fingerprint density at radius 3 is 2.42 bits per heavy atom. The first kappa shape index (κ1) is 24.2. The Bertz CT molecular complexity index is 1240. The molecule has 178 valence electrons. The molecule has 0 fully saturated rings. The van der Waals surface area contributed by atoms with Gasteiger partial charge in [0.2, 0.25) is 5.91 Å². The molecule has 0 bridgehead atoms. The molecule has 0 radical (unpaired) electrons. The van der Waals surface area contributed by atoms with E-state index in [1.54, 1.807) is 28.8 Å². The van der Waals surface area contributed by atoms with Gasteiger partial charge in [-0.05, 0) is 17.5 Å². The number of rotatable bonds is 9. The molecule has 3 aromatic rings. The molecule has 0 aliphatic rings. The van der Waals surface area contributed by atoms with E-state index in [1.807, 2.05) is 0 Å². The predicted molar refractivity (Wildman–Crippen MR) is 113 cm³/mol. The minimum atomic E-state index is -4.36. The van der Waals surface area contributed by atoms with Gasteiger partial charge in [-0.1, -0.05) is 24.3 Å². The van der Waals surface area contributed by atoms with E-state index in [0.717, 1.165) is 10.1 Å². The molecule has 0 spiro atoms. The van der Waals surface area contributed by atoms with Gasteiger partial charge in [0.1, 0.15) is 6.61 Å². The molecule has 9 nitrogen and oxygen atoms in total. The zero-order valence-corrected chi connectivity index (χ0v) is 18.2. The third kappa shape index (κ3) is 6.09. The number of imidazole rings is 1. The maximum absolute atomic E-state index is 12.4. The minimum absolute atomic E-state index is 0.146. The number of carbonyl (C=O) groups is 1. The quantitative estimate of drug-likeness (QED) is 0.516. The number of ether oxygens (including phenoxy) is 1. The number of amides is 1. The highest BCUT2D eigenvalue weighted by Gasteiger charge is 2.27. The van der Waals surface area contributed by atoms with Gasteiger partial charge >= 0.3 is 11.9 Å². The van der Waals surface area contributed by atoms with Gasteiger partial charge in [-0.25, -0.2) is 9.78 Å². The Labute approximate surface area is 186 Å². The van der Waals surface area contributed by atoms with E-state index in [-0.39, 0.29) is 25.5 Å². The van der Waals surface area contributed by atoms with E-state index in [2.05, 4.69) is 15.0 Å². The zero-order valence-electron chi connectivity index (χ0n) is 18.2. The number of benzene rings is 1. The zero-order chi connectivity index (χ0) is 24.2. The highest BCUT2D eigenvalue weighted by Crippen LogP contribution is 2.16. The number of alkyl halides is 3. The number of hydrogen-bond acceptors (Lipinski definition) is 5. The molecule has 2 aromatic heterocycles. The van der Waals surface area contributed by atoms with E-state index < -0.39 is 24.0 Å². The molecule has 0 aliphatic carbocycles. The molecule has 33 heavy (non-hydrogen) atoms. The lowest BCUT2D eigenvalue weighted by atomic mass is 10.1. The van der Waals surface area contributed by atoms with Gasteiger partial charge < -0.3 is 14.6 Å². The number of fused-ring (bicyclic) bond motifs is 1. The molecule has 0 unspecified atom stereocenters. The second-order valence-electron chi connectivity index (χ2n) is 7.62. The molecular formula is C21H24F3N5O4. The fourth-order valence-electron chi connectivity index (χ4n) is 3.30. The predicted octanol–water partition coefficient (Wildman–Crippen LogP) is 1.61. The average Bonchev–Trinajstić information content (AvgIpc) is 3.19. The number of nitrogens with zero attached hydrogens (tertiary/aromatic N) is 4. The van der Waals surface area contributed by atoms with E-state index in [4.69, 9.17) is 0 Å². The highest BCUT2D eigenvalue weighted by atomic mass is 19.4. The van der Waals surface area contributed by atoms with Crippen LogP contribution >= 0.6 is 0 Å². The second kappa shape index (κ2) is 10.0. The lowest BCUT2D eigenvalue weighted by Crippen LogP contribution is -2.37. The Morgan fingerprint density at radius 2 is 1.76 bits per heavy atom. The third-order valence-electron chi connectivity index (χ3n) is 5.07. The van der Waals surface area contributed by atoms with Gasteiger partial charge in [0.05, 0.1) is 12.9 Å². The van der Waals surface area contributed by atoms with Crippen molar-refractivity contribution >= 4 is 17.1 Å². The number of carbonyl (C=O) groups excluding carboxylic acids is 1. The average molecular weight is 467 g/mol. The van der Waals surface area contributed by atoms with Gasteiger partial charge in [0.25, 0.3) is 5.56 Å². The molecule has 1 amide bonds. The minimum Gasteiger partial charge on any atom is -0.367 e. The Morgan fingerprint density at radius 1 is 1.09 bits per heavy atom.